The fourth-order valence-corrected chi connectivity index (χ4v) is 1.99. The highest BCUT2D eigenvalue weighted by Crippen LogP contribution is 2.24. The monoisotopic (exact) mass is 246 g/mol. The lowest BCUT2D eigenvalue weighted by Crippen LogP contribution is -2.50. The molecule has 17 heavy (non-hydrogen) atoms. The Morgan fingerprint density at radius 3 is 2.76 bits per heavy atom. The minimum atomic E-state index is -0.979. The molecule has 1 fully saturated rings. The Hall–Kier alpha value is -0.650. The van der Waals surface area contributed by atoms with Crippen LogP contribution in [0.15, 0.2) is 0 Å². The van der Waals surface area contributed by atoms with E-state index in [0.717, 1.165) is 19.3 Å². The van der Waals surface area contributed by atoms with E-state index in [2.05, 4.69) is 6.92 Å². The Kier molecular flexibility index (Phi) is 5.88. The largest absolute Gasteiger partial charge is 0.463 e. The van der Waals surface area contributed by atoms with Crippen LogP contribution in [-0.2, 0) is 14.3 Å². The van der Waals surface area contributed by atoms with Gasteiger partial charge in [-0.15, -0.1) is 0 Å². The second-order valence-electron chi connectivity index (χ2n) is 4.53. The van der Waals surface area contributed by atoms with Gasteiger partial charge in [0.05, 0.1) is 12.2 Å². The molecular formula is C12H22O5. The molecule has 100 valence electrons. The number of aliphatic hydroxyl groups is 2. The van der Waals surface area contributed by atoms with Crippen LogP contribution < -0.4 is 0 Å². The second kappa shape index (κ2) is 6.93. The first-order valence-corrected chi connectivity index (χ1v) is 6.19. The minimum absolute atomic E-state index is 0.00378. The van der Waals surface area contributed by atoms with Crippen LogP contribution in [0.1, 0.15) is 39.5 Å². The lowest BCUT2D eigenvalue weighted by molar-refractivity contribution is -0.190. The van der Waals surface area contributed by atoms with Gasteiger partial charge in [0.1, 0.15) is 18.8 Å². The van der Waals surface area contributed by atoms with Crippen LogP contribution in [0.4, 0.5) is 0 Å². The molecule has 0 aromatic rings. The van der Waals surface area contributed by atoms with E-state index in [1.54, 1.807) is 0 Å². The molecule has 0 aliphatic carbocycles. The molecule has 0 aromatic carbocycles. The maximum absolute atomic E-state index is 10.7. The zero-order valence-electron chi connectivity index (χ0n) is 10.5. The van der Waals surface area contributed by atoms with E-state index < -0.39 is 24.3 Å². The van der Waals surface area contributed by atoms with Crippen LogP contribution in [0.5, 0.6) is 0 Å². The number of rotatable bonds is 5. The molecule has 1 saturated heterocycles. The summed E-state index contributed by atoms with van der Waals surface area (Å²) in [5, 5.41) is 19.4. The first-order chi connectivity index (χ1) is 8.04. The number of ether oxygens (including phenoxy) is 2. The number of carbonyl (C=O) groups excluding carboxylic acids is 1. The van der Waals surface area contributed by atoms with Crippen LogP contribution in [0.2, 0.25) is 0 Å². The standard InChI is InChI=1S/C12H22O5/c1-3-4-5-9-6-10(14)12(15)11(17-9)7-16-8(2)13/h9-12,14-15H,3-7H2,1-2H3. The first-order valence-electron chi connectivity index (χ1n) is 6.19. The van der Waals surface area contributed by atoms with E-state index in [1.807, 2.05) is 0 Å². The molecule has 5 nitrogen and oxygen atoms in total. The number of hydrogen-bond donors (Lipinski definition) is 2. The van der Waals surface area contributed by atoms with Gasteiger partial charge in [0, 0.05) is 13.3 Å². The topological polar surface area (TPSA) is 76.0 Å². The Balaban J connectivity index is 2.45. The minimum Gasteiger partial charge on any atom is -0.463 e. The zero-order valence-corrected chi connectivity index (χ0v) is 10.5. The summed E-state index contributed by atoms with van der Waals surface area (Å²) in [7, 11) is 0. The van der Waals surface area contributed by atoms with Crippen molar-refractivity contribution < 1.29 is 24.5 Å². The van der Waals surface area contributed by atoms with Gasteiger partial charge < -0.3 is 19.7 Å². The van der Waals surface area contributed by atoms with Crippen molar-refractivity contribution in [3.05, 3.63) is 0 Å². The summed E-state index contributed by atoms with van der Waals surface area (Å²) in [4.78, 5) is 10.7. The average molecular weight is 246 g/mol. The van der Waals surface area contributed by atoms with Gasteiger partial charge >= 0.3 is 5.97 Å². The van der Waals surface area contributed by atoms with Crippen LogP contribution >= 0.6 is 0 Å². The summed E-state index contributed by atoms with van der Waals surface area (Å²) in [6.07, 6.45) is 0.923. The summed E-state index contributed by atoms with van der Waals surface area (Å²) in [5.41, 5.74) is 0. The van der Waals surface area contributed by atoms with Gasteiger partial charge in [-0.3, -0.25) is 4.79 Å². The van der Waals surface area contributed by atoms with Gasteiger partial charge in [0.2, 0.25) is 0 Å². The number of carbonyl (C=O) groups is 1. The number of esters is 1. The Labute approximate surface area is 102 Å². The second-order valence-corrected chi connectivity index (χ2v) is 4.53. The predicted octanol–water partition coefficient (Wildman–Crippen LogP) is 0.619. The van der Waals surface area contributed by atoms with E-state index in [9.17, 15) is 15.0 Å². The molecule has 1 rings (SSSR count). The smallest absolute Gasteiger partial charge is 0.302 e. The van der Waals surface area contributed by atoms with E-state index in [4.69, 9.17) is 9.47 Å². The zero-order chi connectivity index (χ0) is 12.8. The summed E-state index contributed by atoms with van der Waals surface area (Å²) in [6.45, 7) is 3.39. The van der Waals surface area contributed by atoms with Crippen molar-refractivity contribution in [2.45, 2.75) is 63.9 Å². The fraction of sp³-hybridized carbons (Fsp3) is 0.917. The van der Waals surface area contributed by atoms with Crippen molar-refractivity contribution in [1.82, 2.24) is 0 Å². The van der Waals surface area contributed by atoms with E-state index in [1.165, 1.54) is 6.92 Å². The van der Waals surface area contributed by atoms with Crippen LogP contribution in [0.3, 0.4) is 0 Å². The SMILES string of the molecule is CCCCC1CC(O)C(O)C(COC(C)=O)O1. The molecule has 1 aliphatic heterocycles. The molecule has 2 N–H and O–H groups in total. The van der Waals surface area contributed by atoms with Crippen molar-refractivity contribution in [1.29, 1.82) is 0 Å². The highest BCUT2D eigenvalue weighted by Gasteiger charge is 2.36. The summed E-state index contributed by atoms with van der Waals surface area (Å²) in [5.74, 6) is -0.411. The van der Waals surface area contributed by atoms with E-state index >= 15 is 0 Å². The highest BCUT2D eigenvalue weighted by molar-refractivity contribution is 5.65. The lowest BCUT2D eigenvalue weighted by Gasteiger charge is -2.36. The van der Waals surface area contributed by atoms with Crippen molar-refractivity contribution in [2.75, 3.05) is 6.61 Å². The van der Waals surface area contributed by atoms with E-state index in [0.29, 0.717) is 6.42 Å². The van der Waals surface area contributed by atoms with Crippen molar-refractivity contribution in [3.63, 3.8) is 0 Å². The molecule has 0 bridgehead atoms. The summed E-state index contributed by atoms with van der Waals surface area (Å²) >= 11 is 0. The molecule has 4 atom stereocenters. The fourth-order valence-electron chi connectivity index (χ4n) is 1.99. The molecule has 0 amide bonds. The van der Waals surface area contributed by atoms with Crippen molar-refractivity contribution >= 4 is 5.97 Å². The number of aliphatic hydroxyl groups excluding tert-OH is 2. The van der Waals surface area contributed by atoms with Gasteiger partial charge in [-0.05, 0) is 6.42 Å². The van der Waals surface area contributed by atoms with E-state index in [-0.39, 0.29) is 12.7 Å². The molecular weight excluding hydrogens is 224 g/mol. The molecule has 1 heterocycles. The van der Waals surface area contributed by atoms with Gasteiger partial charge in [-0.25, -0.2) is 0 Å². The van der Waals surface area contributed by atoms with Crippen LogP contribution in [-0.4, -0.2) is 47.2 Å². The third kappa shape index (κ3) is 4.61. The van der Waals surface area contributed by atoms with Gasteiger partial charge in [-0.2, -0.15) is 0 Å². The predicted molar refractivity (Wildman–Crippen MR) is 61.4 cm³/mol. The number of unbranched alkanes of at least 4 members (excludes halogenated alkanes) is 1. The maximum Gasteiger partial charge on any atom is 0.302 e. The summed E-state index contributed by atoms with van der Waals surface area (Å²) < 4.78 is 10.5. The Bertz CT molecular complexity index is 243. The molecule has 0 spiro atoms. The van der Waals surface area contributed by atoms with Gasteiger partial charge in [0.25, 0.3) is 0 Å². The summed E-state index contributed by atoms with van der Waals surface area (Å²) in [6, 6.07) is 0. The van der Waals surface area contributed by atoms with Crippen LogP contribution in [0, 0.1) is 0 Å². The molecule has 1 aliphatic rings. The van der Waals surface area contributed by atoms with Crippen molar-refractivity contribution in [2.24, 2.45) is 0 Å². The molecule has 5 heteroatoms. The lowest BCUT2D eigenvalue weighted by atomic mass is 9.95. The molecule has 0 aromatic heterocycles. The highest BCUT2D eigenvalue weighted by atomic mass is 16.6. The van der Waals surface area contributed by atoms with Gasteiger partial charge in [-0.1, -0.05) is 19.8 Å². The Morgan fingerprint density at radius 1 is 1.47 bits per heavy atom. The average Bonchev–Trinajstić information content (AvgIpc) is 2.28. The van der Waals surface area contributed by atoms with Crippen LogP contribution in [0.25, 0.3) is 0 Å². The third-order valence-electron chi connectivity index (χ3n) is 2.98. The Morgan fingerprint density at radius 2 is 2.18 bits per heavy atom. The molecule has 0 radical (unpaired) electrons. The maximum atomic E-state index is 10.7. The first kappa shape index (κ1) is 14.4. The number of hydrogen-bond acceptors (Lipinski definition) is 5. The third-order valence-corrected chi connectivity index (χ3v) is 2.98. The van der Waals surface area contributed by atoms with Crippen molar-refractivity contribution in [3.8, 4) is 0 Å². The quantitative estimate of drug-likeness (QED) is 0.695. The normalized spacial score (nSPS) is 33.4. The van der Waals surface area contributed by atoms with Gasteiger partial charge in [0.15, 0.2) is 0 Å². The molecule has 0 saturated carbocycles. The molecule has 4 unspecified atom stereocenters.